The average molecular weight is 595 g/mol. The summed E-state index contributed by atoms with van der Waals surface area (Å²) in [6.45, 7) is 0. The van der Waals surface area contributed by atoms with Gasteiger partial charge in [0.15, 0.2) is 0 Å². The fourth-order valence-corrected chi connectivity index (χ4v) is 7.83. The highest BCUT2D eigenvalue weighted by Gasteiger charge is 2.29. The molecular formula is C42H26O4. The Hall–Kier alpha value is -6.00. The van der Waals surface area contributed by atoms with Gasteiger partial charge in [0.2, 0.25) is 0 Å². The third-order valence-corrected chi connectivity index (χ3v) is 9.64. The molecule has 4 nitrogen and oxygen atoms in total. The van der Waals surface area contributed by atoms with Gasteiger partial charge in [0.25, 0.3) is 0 Å². The number of ether oxygens (including phenoxy) is 2. The van der Waals surface area contributed by atoms with E-state index in [9.17, 15) is 9.59 Å². The highest BCUT2D eigenvalue weighted by atomic mass is 16.5. The molecule has 9 rings (SSSR count). The summed E-state index contributed by atoms with van der Waals surface area (Å²) in [5.41, 5.74) is 0.424. The van der Waals surface area contributed by atoms with Gasteiger partial charge in [0.1, 0.15) is 0 Å². The lowest BCUT2D eigenvalue weighted by Crippen LogP contribution is -2.14. The summed E-state index contributed by atoms with van der Waals surface area (Å²) in [7, 11) is 2.72. The highest BCUT2D eigenvalue weighted by Crippen LogP contribution is 2.47. The quantitative estimate of drug-likeness (QED) is 0.148. The monoisotopic (exact) mass is 594 g/mol. The molecule has 0 radical (unpaired) electrons. The van der Waals surface area contributed by atoms with Crippen molar-refractivity contribution in [1.29, 1.82) is 0 Å². The second-order valence-corrected chi connectivity index (χ2v) is 11.7. The van der Waals surface area contributed by atoms with Gasteiger partial charge in [0.05, 0.1) is 25.3 Å². The molecular weight excluding hydrogens is 568 g/mol. The number of hydrogen-bond donors (Lipinski definition) is 0. The van der Waals surface area contributed by atoms with Crippen LogP contribution in [0.1, 0.15) is 20.7 Å². The van der Waals surface area contributed by atoms with Gasteiger partial charge in [0, 0.05) is 5.39 Å². The van der Waals surface area contributed by atoms with E-state index < -0.39 is 11.9 Å². The summed E-state index contributed by atoms with van der Waals surface area (Å²) in [5, 5.41) is 15.9. The SMILES string of the molecule is COC(=O)c1c(C(=O)OC)c2c(ccc3c4ccccc4c4ccccc4c32)c2c1ccc1c3ccccc3c3ccccc3c12. The lowest BCUT2D eigenvalue weighted by atomic mass is 9.82. The van der Waals surface area contributed by atoms with E-state index in [-0.39, 0.29) is 11.1 Å². The number of rotatable bonds is 2. The van der Waals surface area contributed by atoms with E-state index in [1.165, 1.54) is 14.2 Å². The molecule has 0 saturated heterocycles. The van der Waals surface area contributed by atoms with E-state index in [0.717, 1.165) is 75.4 Å². The van der Waals surface area contributed by atoms with Crippen molar-refractivity contribution < 1.29 is 19.1 Å². The zero-order valence-corrected chi connectivity index (χ0v) is 25.2. The lowest BCUT2D eigenvalue weighted by molar-refractivity contribution is 0.0559. The second-order valence-electron chi connectivity index (χ2n) is 11.7. The fraction of sp³-hybridized carbons (Fsp3) is 0.0476. The first-order chi connectivity index (χ1) is 22.6. The molecule has 0 aliphatic heterocycles. The maximum absolute atomic E-state index is 14.0. The van der Waals surface area contributed by atoms with Gasteiger partial charge >= 0.3 is 11.9 Å². The van der Waals surface area contributed by atoms with Crippen LogP contribution >= 0.6 is 0 Å². The molecule has 218 valence electrons. The molecule has 0 fully saturated rings. The maximum Gasteiger partial charge on any atom is 0.339 e. The van der Waals surface area contributed by atoms with Gasteiger partial charge in [-0.2, -0.15) is 0 Å². The van der Waals surface area contributed by atoms with Gasteiger partial charge in [-0.3, -0.25) is 0 Å². The van der Waals surface area contributed by atoms with Crippen molar-refractivity contribution in [3.05, 3.63) is 132 Å². The summed E-state index contributed by atoms with van der Waals surface area (Å²) < 4.78 is 10.9. The zero-order chi connectivity index (χ0) is 31.1. The largest absolute Gasteiger partial charge is 0.465 e. The van der Waals surface area contributed by atoms with Crippen LogP contribution in [0.3, 0.4) is 0 Å². The van der Waals surface area contributed by atoms with Gasteiger partial charge in [-0.1, -0.05) is 121 Å². The number of methoxy groups -OCH3 is 2. The van der Waals surface area contributed by atoms with Crippen LogP contribution in [0.5, 0.6) is 0 Å². The van der Waals surface area contributed by atoms with Crippen LogP contribution in [0.25, 0.3) is 86.2 Å². The van der Waals surface area contributed by atoms with Gasteiger partial charge in [-0.15, -0.1) is 0 Å². The van der Waals surface area contributed by atoms with Gasteiger partial charge in [-0.25, -0.2) is 9.59 Å². The molecule has 9 aromatic carbocycles. The predicted molar refractivity (Wildman–Crippen MR) is 189 cm³/mol. The summed E-state index contributed by atoms with van der Waals surface area (Å²) >= 11 is 0. The number of hydrogen-bond acceptors (Lipinski definition) is 4. The molecule has 0 saturated carbocycles. The van der Waals surface area contributed by atoms with Crippen LogP contribution in [0.2, 0.25) is 0 Å². The van der Waals surface area contributed by atoms with Crippen molar-refractivity contribution in [2.24, 2.45) is 0 Å². The van der Waals surface area contributed by atoms with Crippen LogP contribution in [0, 0.1) is 0 Å². The third kappa shape index (κ3) is 3.38. The molecule has 0 atom stereocenters. The van der Waals surface area contributed by atoms with E-state index in [2.05, 4.69) is 91.0 Å². The molecule has 0 aliphatic carbocycles. The van der Waals surface area contributed by atoms with Crippen molar-refractivity contribution in [1.82, 2.24) is 0 Å². The fourth-order valence-electron chi connectivity index (χ4n) is 7.83. The number of esters is 2. The minimum absolute atomic E-state index is 0.209. The molecule has 0 heterocycles. The van der Waals surface area contributed by atoms with Crippen molar-refractivity contribution in [2.75, 3.05) is 14.2 Å². The molecule has 0 bridgehead atoms. The summed E-state index contributed by atoms with van der Waals surface area (Å²) in [5.74, 6) is -1.17. The van der Waals surface area contributed by atoms with Gasteiger partial charge in [-0.05, 0) is 80.8 Å². The zero-order valence-electron chi connectivity index (χ0n) is 25.2. The Morgan fingerprint density at radius 3 is 1.04 bits per heavy atom. The Bertz CT molecular complexity index is 2740. The molecule has 0 aliphatic rings. The Labute approximate surface area is 263 Å². The van der Waals surface area contributed by atoms with E-state index in [0.29, 0.717) is 10.8 Å². The number of benzene rings is 9. The molecule has 0 aromatic heterocycles. The van der Waals surface area contributed by atoms with Crippen LogP contribution in [0.4, 0.5) is 0 Å². The van der Waals surface area contributed by atoms with E-state index in [1.807, 2.05) is 30.3 Å². The first-order valence-corrected chi connectivity index (χ1v) is 15.3. The van der Waals surface area contributed by atoms with Gasteiger partial charge < -0.3 is 9.47 Å². The molecule has 0 spiro atoms. The molecule has 0 amide bonds. The van der Waals surface area contributed by atoms with E-state index in [4.69, 9.17) is 9.47 Å². The van der Waals surface area contributed by atoms with Crippen LogP contribution in [0.15, 0.2) is 121 Å². The minimum atomic E-state index is -0.584. The van der Waals surface area contributed by atoms with E-state index >= 15 is 0 Å². The topological polar surface area (TPSA) is 52.6 Å². The first-order valence-electron chi connectivity index (χ1n) is 15.3. The lowest BCUT2D eigenvalue weighted by Gasteiger charge is -2.21. The molecule has 46 heavy (non-hydrogen) atoms. The standard InChI is InChI=1S/C42H26O4/c1-45-41(43)39-34-22-20-31-27-15-5-3-11-23(27)25-13-7-9-17-29(25)35(31)37(34)33-21-19-32-28-16-6-4-12-24(28)26-14-8-10-18-30(26)36(32)38(33)40(39)42(44)46-2/h3-22H,1-2H3. The Kier molecular flexibility index (Phi) is 5.60. The molecule has 0 unspecified atom stereocenters. The summed E-state index contributed by atoms with van der Waals surface area (Å²) in [6.07, 6.45) is 0. The normalized spacial score (nSPS) is 11.9. The van der Waals surface area contributed by atoms with Crippen LogP contribution in [-0.4, -0.2) is 26.2 Å². The third-order valence-electron chi connectivity index (χ3n) is 9.64. The van der Waals surface area contributed by atoms with Crippen molar-refractivity contribution in [3.63, 3.8) is 0 Å². The van der Waals surface area contributed by atoms with E-state index in [1.54, 1.807) is 0 Å². The van der Waals surface area contributed by atoms with Crippen molar-refractivity contribution in [3.8, 4) is 0 Å². The smallest absolute Gasteiger partial charge is 0.339 e. The molecule has 9 aromatic rings. The predicted octanol–water partition coefficient (Wildman–Crippen LogP) is 10.5. The molecule has 4 heteroatoms. The minimum Gasteiger partial charge on any atom is -0.465 e. The van der Waals surface area contributed by atoms with Crippen molar-refractivity contribution >= 4 is 98.1 Å². The maximum atomic E-state index is 14.0. The number of carbonyl (C=O) groups excluding carboxylic acids is 2. The Morgan fingerprint density at radius 1 is 0.326 bits per heavy atom. The van der Waals surface area contributed by atoms with Crippen molar-refractivity contribution in [2.45, 2.75) is 0 Å². The summed E-state index contributed by atoms with van der Waals surface area (Å²) in [4.78, 5) is 27.9. The average Bonchev–Trinajstić information content (AvgIpc) is 3.13. The number of fused-ring (bicyclic) bond motifs is 17. The van der Waals surface area contributed by atoms with Crippen LogP contribution in [-0.2, 0) is 9.47 Å². The second kappa shape index (κ2) is 9.75. The first kappa shape index (κ1) is 26.4. The Morgan fingerprint density at radius 2 is 0.609 bits per heavy atom. The summed E-state index contributed by atoms with van der Waals surface area (Å²) in [6, 6.07) is 41.7. The Balaban J connectivity index is 1.69. The highest BCUT2D eigenvalue weighted by molar-refractivity contribution is 6.42. The van der Waals surface area contributed by atoms with Crippen LogP contribution < -0.4 is 0 Å². The number of carbonyl (C=O) groups is 2. The molecule has 0 N–H and O–H groups in total.